The Labute approximate surface area is 127 Å². The molecule has 0 unspecified atom stereocenters. The molecule has 0 aliphatic rings. The Bertz CT molecular complexity index is 822. The van der Waals surface area contributed by atoms with E-state index in [1.54, 1.807) is 6.07 Å². The number of fused-ring (bicyclic) bond motifs is 1. The number of aromatic nitrogens is 3. The minimum Gasteiger partial charge on any atom is -0.233 e. The average molecular weight is 306 g/mol. The molecule has 3 nitrogen and oxygen atoms in total. The molecule has 102 valence electrons. The third-order valence-electron chi connectivity index (χ3n) is 3.28. The van der Waals surface area contributed by atoms with Crippen molar-refractivity contribution in [1.82, 2.24) is 14.6 Å². The summed E-state index contributed by atoms with van der Waals surface area (Å²) in [5, 5.41) is 5.64. The van der Waals surface area contributed by atoms with Gasteiger partial charge in [0.05, 0.1) is 15.7 Å². The number of nitrogens with zero attached hydrogens (tertiary/aromatic N) is 3. The summed E-state index contributed by atoms with van der Waals surface area (Å²) in [7, 11) is 0. The Morgan fingerprint density at radius 1 is 1.00 bits per heavy atom. The molecule has 0 aliphatic carbocycles. The summed E-state index contributed by atoms with van der Waals surface area (Å²) in [5.74, 6) is 0. The van der Waals surface area contributed by atoms with Gasteiger partial charge >= 0.3 is 0 Å². The summed E-state index contributed by atoms with van der Waals surface area (Å²) in [6.07, 6.45) is 0. The number of rotatable bonds is 1. The SMILES string of the molecule is Cc1cc(C)n2nc(C)c(-c3ccc(Cl)c(Cl)c3)c2n1. The molecule has 5 heteroatoms. The summed E-state index contributed by atoms with van der Waals surface area (Å²) in [5.41, 5.74) is 5.76. The van der Waals surface area contributed by atoms with E-state index in [2.05, 4.69) is 10.1 Å². The third-order valence-corrected chi connectivity index (χ3v) is 4.02. The van der Waals surface area contributed by atoms with E-state index in [-0.39, 0.29) is 0 Å². The summed E-state index contributed by atoms with van der Waals surface area (Å²) >= 11 is 12.1. The van der Waals surface area contributed by atoms with Crippen LogP contribution in [0.2, 0.25) is 10.0 Å². The Balaban J connectivity index is 2.35. The predicted octanol–water partition coefficient (Wildman–Crippen LogP) is 4.63. The number of hydrogen-bond donors (Lipinski definition) is 0. The van der Waals surface area contributed by atoms with Crippen LogP contribution in [0.5, 0.6) is 0 Å². The second-order valence-electron chi connectivity index (χ2n) is 4.86. The van der Waals surface area contributed by atoms with Gasteiger partial charge in [0.2, 0.25) is 0 Å². The topological polar surface area (TPSA) is 30.2 Å². The summed E-state index contributed by atoms with van der Waals surface area (Å²) < 4.78 is 1.86. The van der Waals surface area contributed by atoms with Gasteiger partial charge in [0.1, 0.15) is 0 Å². The molecule has 0 spiro atoms. The van der Waals surface area contributed by atoms with Crippen molar-refractivity contribution in [2.24, 2.45) is 0 Å². The van der Waals surface area contributed by atoms with Crippen molar-refractivity contribution in [2.45, 2.75) is 20.8 Å². The lowest BCUT2D eigenvalue weighted by atomic mass is 10.1. The minimum absolute atomic E-state index is 0.535. The molecule has 2 aromatic heterocycles. The van der Waals surface area contributed by atoms with Crippen LogP contribution < -0.4 is 0 Å². The van der Waals surface area contributed by atoms with Crippen molar-refractivity contribution in [3.63, 3.8) is 0 Å². The van der Waals surface area contributed by atoms with Gasteiger partial charge < -0.3 is 0 Å². The highest BCUT2D eigenvalue weighted by Gasteiger charge is 2.15. The molecular formula is C15H13Cl2N3. The van der Waals surface area contributed by atoms with E-state index >= 15 is 0 Å². The van der Waals surface area contributed by atoms with Crippen molar-refractivity contribution in [3.05, 3.63) is 51.4 Å². The predicted molar refractivity (Wildman–Crippen MR) is 82.7 cm³/mol. The molecule has 0 atom stereocenters. The van der Waals surface area contributed by atoms with Crippen LogP contribution in [-0.4, -0.2) is 14.6 Å². The van der Waals surface area contributed by atoms with Crippen LogP contribution in [-0.2, 0) is 0 Å². The Morgan fingerprint density at radius 3 is 2.45 bits per heavy atom. The average Bonchev–Trinajstić information content (AvgIpc) is 2.70. The first kappa shape index (κ1) is 13.4. The molecule has 0 aliphatic heterocycles. The highest BCUT2D eigenvalue weighted by atomic mass is 35.5. The van der Waals surface area contributed by atoms with Crippen molar-refractivity contribution >= 4 is 28.8 Å². The summed E-state index contributed by atoms with van der Waals surface area (Å²) in [6.45, 7) is 5.97. The van der Waals surface area contributed by atoms with E-state index in [9.17, 15) is 0 Å². The lowest BCUT2D eigenvalue weighted by Crippen LogP contribution is -1.97. The van der Waals surface area contributed by atoms with Crippen LogP contribution in [0.4, 0.5) is 0 Å². The standard InChI is InChI=1S/C15H13Cl2N3/c1-8-6-9(2)20-15(18-8)14(10(3)19-20)11-4-5-12(16)13(17)7-11/h4-7H,1-3H3. The third kappa shape index (κ3) is 2.07. The zero-order valence-electron chi connectivity index (χ0n) is 11.4. The molecule has 2 heterocycles. The molecule has 0 saturated heterocycles. The molecule has 0 bridgehead atoms. The van der Waals surface area contributed by atoms with Gasteiger partial charge in [-0.2, -0.15) is 5.10 Å². The molecule has 3 rings (SSSR count). The molecule has 0 saturated carbocycles. The van der Waals surface area contributed by atoms with Crippen molar-refractivity contribution in [1.29, 1.82) is 0 Å². The first-order chi connectivity index (χ1) is 9.47. The van der Waals surface area contributed by atoms with Crippen LogP contribution in [0.25, 0.3) is 16.8 Å². The Hall–Kier alpha value is -1.58. The zero-order valence-corrected chi connectivity index (χ0v) is 12.9. The van der Waals surface area contributed by atoms with E-state index in [0.29, 0.717) is 10.0 Å². The molecule has 0 N–H and O–H groups in total. The fourth-order valence-corrected chi connectivity index (χ4v) is 2.71. The fraction of sp³-hybridized carbons (Fsp3) is 0.200. The van der Waals surface area contributed by atoms with E-state index < -0.39 is 0 Å². The Morgan fingerprint density at radius 2 is 1.75 bits per heavy atom. The maximum atomic E-state index is 6.12. The Kier molecular flexibility index (Phi) is 3.19. The van der Waals surface area contributed by atoms with Crippen LogP contribution >= 0.6 is 23.2 Å². The summed E-state index contributed by atoms with van der Waals surface area (Å²) in [6, 6.07) is 7.60. The van der Waals surface area contributed by atoms with Gasteiger partial charge in [-0.1, -0.05) is 29.3 Å². The lowest BCUT2D eigenvalue weighted by molar-refractivity contribution is 0.870. The fourth-order valence-electron chi connectivity index (χ4n) is 2.42. The highest BCUT2D eigenvalue weighted by molar-refractivity contribution is 6.42. The smallest absolute Gasteiger partial charge is 0.163 e. The van der Waals surface area contributed by atoms with E-state index in [1.807, 2.05) is 43.5 Å². The summed E-state index contributed by atoms with van der Waals surface area (Å²) in [4.78, 5) is 4.61. The van der Waals surface area contributed by atoms with Crippen LogP contribution in [0.1, 0.15) is 17.1 Å². The van der Waals surface area contributed by atoms with Gasteiger partial charge in [-0.3, -0.25) is 0 Å². The van der Waals surface area contributed by atoms with Gasteiger partial charge in [0, 0.05) is 17.0 Å². The number of aryl methyl sites for hydroxylation is 3. The van der Waals surface area contributed by atoms with Gasteiger partial charge in [-0.05, 0) is 44.5 Å². The van der Waals surface area contributed by atoms with Crippen molar-refractivity contribution in [2.75, 3.05) is 0 Å². The number of benzene rings is 1. The quantitative estimate of drug-likeness (QED) is 0.656. The van der Waals surface area contributed by atoms with Gasteiger partial charge in [0.25, 0.3) is 0 Å². The van der Waals surface area contributed by atoms with Crippen molar-refractivity contribution < 1.29 is 0 Å². The zero-order chi connectivity index (χ0) is 14.4. The number of hydrogen-bond acceptors (Lipinski definition) is 2. The molecular weight excluding hydrogens is 293 g/mol. The molecule has 3 aromatic rings. The maximum absolute atomic E-state index is 6.12. The van der Waals surface area contributed by atoms with Crippen LogP contribution in [0, 0.1) is 20.8 Å². The molecule has 0 radical (unpaired) electrons. The van der Waals surface area contributed by atoms with Crippen LogP contribution in [0.15, 0.2) is 24.3 Å². The van der Waals surface area contributed by atoms with E-state index in [1.165, 1.54) is 0 Å². The molecule has 0 amide bonds. The van der Waals surface area contributed by atoms with Gasteiger partial charge in [0.15, 0.2) is 5.65 Å². The normalized spacial score (nSPS) is 11.2. The highest BCUT2D eigenvalue weighted by Crippen LogP contribution is 2.32. The van der Waals surface area contributed by atoms with Crippen molar-refractivity contribution in [3.8, 4) is 11.1 Å². The lowest BCUT2D eigenvalue weighted by Gasteiger charge is -2.04. The van der Waals surface area contributed by atoms with Crippen LogP contribution in [0.3, 0.4) is 0 Å². The van der Waals surface area contributed by atoms with Gasteiger partial charge in [-0.25, -0.2) is 9.50 Å². The monoisotopic (exact) mass is 305 g/mol. The number of halogens is 2. The largest absolute Gasteiger partial charge is 0.233 e. The first-order valence-corrected chi connectivity index (χ1v) is 7.02. The van der Waals surface area contributed by atoms with E-state index in [0.717, 1.165) is 33.9 Å². The van der Waals surface area contributed by atoms with E-state index in [4.69, 9.17) is 23.2 Å². The molecule has 0 fully saturated rings. The second-order valence-corrected chi connectivity index (χ2v) is 5.68. The first-order valence-electron chi connectivity index (χ1n) is 6.26. The maximum Gasteiger partial charge on any atom is 0.163 e. The second kappa shape index (κ2) is 4.76. The minimum atomic E-state index is 0.535. The molecule has 20 heavy (non-hydrogen) atoms. The molecule has 1 aromatic carbocycles. The van der Waals surface area contributed by atoms with Gasteiger partial charge in [-0.15, -0.1) is 0 Å².